The van der Waals surface area contributed by atoms with Gasteiger partial charge in [0.25, 0.3) is 17.3 Å². The molecule has 0 spiro atoms. The maximum Gasteiger partial charge on any atom is 0.277 e. The van der Waals surface area contributed by atoms with Crippen LogP contribution in [-0.4, -0.2) is 44.6 Å². The Labute approximate surface area is 162 Å². The number of carbonyl (C=O) groups is 2. The van der Waals surface area contributed by atoms with Crippen LogP contribution in [0.3, 0.4) is 0 Å². The minimum Gasteiger partial charge on any atom is -0.326 e. The molecule has 11 nitrogen and oxygen atoms in total. The SMILES string of the molecule is C=CCN(CC(=O)Nc1ncc(C)s1)C(=O)c1cc([N+](=O)[O-])cc([N+](=O)[O-])c1. The minimum atomic E-state index is -0.834. The summed E-state index contributed by atoms with van der Waals surface area (Å²) in [5.41, 5.74) is -1.47. The maximum atomic E-state index is 12.7. The summed E-state index contributed by atoms with van der Waals surface area (Å²) in [7, 11) is 0. The van der Waals surface area contributed by atoms with E-state index in [0.29, 0.717) is 5.13 Å². The summed E-state index contributed by atoms with van der Waals surface area (Å²) < 4.78 is 0. The molecule has 2 rings (SSSR count). The number of hydrogen-bond acceptors (Lipinski definition) is 8. The zero-order chi connectivity index (χ0) is 20.8. The Morgan fingerprint density at radius 3 is 2.32 bits per heavy atom. The second kappa shape index (κ2) is 8.81. The first-order chi connectivity index (χ1) is 13.2. The van der Waals surface area contributed by atoms with Gasteiger partial charge < -0.3 is 10.2 Å². The van der Waals surface area contributed by atoms with Crippen LogP contribution in [-0.2, 0) is 4.79 Å². The van der Waals surface area contributed by atoms with Gasteiger partial charge in [0.2, 0.25) is 5.91 Å². The van der Waals surface area contributed by atoms with Gasteiger partial charge in [-0.1, -0.05) is 6.08 Å². The Bertz CT molecular complexity index is 925. The molecule has 1 aromatic carbocycles. The fraction of sp³-hybridized carbons (Fsp3) is 0.188. The van der Waals surface area contributed by atoms with E-state index in [4.69, 9.17) is 0 Å². The Morgan fingerprint density at radius 2 is 1.86 bits per heavy atom. The molecule has 0 bridgehead atoms. The summed E-state index contributed by atoms with van der Waals surface area (Å²) in [5.74, 6) is -1.32. The molecular formula is C16H15N5O6S. The molecule has 0 fully saturated rings. The molecule has 2 aromatic rings. The number of non-ortho nitro benzene ring substituents is 2. The molecule has 0 atom stereocenters. The fourth-order valence-corrected chi connectivity index (χ4v) is 2.91. The van der Waals surface area contributed by atoms with Crippen molar-refractivity contribution in [3.8, 4) is 0 Å². The summed E-state index contributed by atoms with van der Waals surface area (Å²) >= 11 is 1.26. The topological polar surface area (TPSA) is 149 Å². The van der Waals surface area contributed by atoms with Gasteiger partial charge in [-0.3, -0.25) is 29.8 Å². The number of nitrogens with one attached hydrogen (secondary N) is 1. The molecule has 1 aromatic heterocycles. The molecule has 146 valence electrons. The Hall–Kier alpha value is -3.67. The molecule has 0 saturated heterocycles. The van der Waals surface area contributed by atoms with Crippen molar-refractivity contribution < 1.29 is 19.4 Å². The van der Waals surface area contributed by atoms with Gasteiger partial charge in [0.05, 0.1) is 21.5 Å². The number of carbonyl (C=O) groups excluding carboxylic acids is 2. The zero-order valence-corrected chi connectivity index (χ0v) is 15.5. The van der Waals surface area contributed by atoms with E-state index in [9.17, 15) is 29.8 Å². The van der Waals surface area contributed by atoms with Crippen LogP contribution in [0.5, 0.6) is 0 Å². The van der Waals surface area contributed by atoms with Gasteiger partial charge in [0.15, 0.2) is 5.13 Å². The van der Waals surface area contributed by atoms with Crippen molar-refractivity contribution >= 4 is 39.7 Å². The van der Waals surface area contributed by atoms with Crippen LogP contribution in [0.1, 0.15) is 15.2 Å². The number of nitrogens with zero attached hydrogens (tertiary/aromatic N) is 4. The molecule has 0 unspecified atom stereocenters. The van der Waals surface area contributed by atoms with E-state index in [1.807, 2.05) is 6.92 Å². The highest BCUT2D eigenvalue weighted by Gasteiger charge is 2.24. The van der Waals surface area contributed by atoms with Gasteiger partial charge in [-0.15, -0.1) is 17.9 Å². The first-order valence-electron chi connectivity index (χ1n) is 7.77. The van der Waals surface area contributed by atoms with Crippen molar-refractivity contribution in [3.63, 3.8) is 0 Å². The average Bonchev–Trinajstić information content (AvgIpc) is 3.04. The predicted octanol–water partition coefficient (Wildman–Crippen LogP) is 2.53. The van der Waals surface area contributed by atoms with Crippen LogP contribution in [0.25, 0.3) is 0 Å². The molecule has 0 aliphatic heterocycles. The summed E-state index contributed by atoms with van der Waals surface area (Å²) in [4.78, 5) is 51.2. The van der Waals surface area contributed by atoms with Gasteiger partial charge in [-0.05, 0) is 6.92 Å². The molecule has 1 heterocycles. The lowest BCUT2D eigenvalue weighted by atomic mass is 10.1. The largest absolute Gasteiger partial charge is 0.326 e. The van der Waals surface area contributed by atoms with Gasteiger partial charge in [0, 0.05) is 29.8 Å². The number of hydrogen-bond donors (Lipinski definition) is 1. The van der Waals surface area contributed by atoms with E-state index < -0.39 is 33.0 Å². The van der Waals surface area contributed by atoms with Gasteiger partial charge in [-0.25, -0.2) is 4.98 Å². The van der Waals surface area contributed by atoms with Gasteiger partial charge >= 0.3 is 0 Å². The number of rotatable bonds is 8. The van der Waals surface area contributed by atoms with E-state index in [-0.39, 0.29) is 18.7 Å². The molecule has 12 heteroatoms. The van der Waals surface area contributed by atoms with Crippen molar-refractivity contribution in [1.82, 2.24) is 9.88 Å². The van der Waals surface area contributed by atoms with E-state index >= 15 is 0 Å². The lowest BCUT2D eigenvalue weighted by Crippen LogP contribution is -2.38. The number of thiazole rings is 1. The molecule has 0 aliphatic carbocycles. The van der Waals surface area contributed by atoms with Crippen molar-refractivity contribution in [1.29, 1.82) is 0 Å². The highest BCUT2D eigenvalue weighted by molar-refractivity contribution is 7.15. The van der Waals surface area contributed by atoms with Crippen molar-refractivity contribution in [2.24, 2.45) is 0 Å². The minimum absolute atomic E-state index is 0.0420. The number of aryl methyl sites for hydroxylation is 1. The summed E-state index contributed by atoms with van der Waals surface area (Å²) in [5, 5.41) is 24.9. The van der Waals surface area contributed by atoms with E-state index in [2.05, 4.69) is 16.9 Å². The lowest BCUT2D eigenvalue weighted by Gasteiger charge is -2.20. The van der Waals surface area contributed by atoms with Crippen LogP contribution in [0.15, 0.2) is 37.1 Å². The van der Waals surface area contributed by atoms with Gasteiger partial charge in [0.1, 0.15) is 6.54 Å². The standard InChI is InChI=1S/C16H15N5O6S/c1-3-4-19(9-14(22)18-16-17-8-10(2)28-16)15(23)11-5-12(20(24)25)7-13(6-11)21(26)27/h3,5-8H,1,4,9H2,2H3,(H,17,18,22). The number of nitro groups is 2. The third kappa shape index (κ3) is 5.17. The summed E-state index contributed by atoms with van der Waals surface area (Å²) in [6.07, 6.45) is 2.94. The van der Waals surface area contributed by atoms with Crippen LogP contribution in [0.4, 0.5) is 16.5 Å². The first-order valence-corrected chi connectivity index (χ1v) is 8.59. The Kier molecular flexibility index (Phi) is 6.50. The third-order valence-corrected chi connectivity index (χ3v) is 4.24. The average molecular weight is 405 g/mol. The highest BCUT2D eigenvalue weighted by atomic mass is 32.1. The summed E-state index contributed by atoms with van der Waals surface area (Å²) in [6, 6.07) is 2.60. The zero-order valence-electron chi connectivity index (χ0n) is 14.7. The van der Waals surface area contributed by atoms with E-state index in [0.717, 1.165) is 28.0 Å². The maximum absolute atomic E-state index is 12.7. The fourth-order valence-electron chi connectivity index (χ4n) is 2.23. The molecule has 28 heavy (non-hydrogen) atoms. The quantitative estimate of drug-likeness (QED) is 0.403. The number of nitro benzene ring substituents is 2. The molecular weight excluding hydrogens is 390 g/mol. The molecule has 0 saturated carbocycles. The van der Waals surface area contributed by atoms with Crippen molar-refractivity contribution in [3.05, 3.63) is 67.7 Å². The number of anilines is 1. The monoisotopic (exact) mass is 405 g/mol. The van der Waals surface area contributed by atoms with Crippen molar-refractivity contribution in [2.75, 3.05) is 18.4 Å². The number of aromatic nitrogens is 1. The van der Waals surface area contributed by atoms with E-state index in [1.54, 1.807) is 6.20 Å². The van der Waals surface area contributed by atoms with Gasteiger partial charge in [-0.2, -0.15) is 0 Å². The summed E-state index contributed by atoms with van der Waals surface area (Å²) in [6.45, 7) is 4.90. The second-order valence-electron chi connectivity index (χ2n) is 5.55. The molecule has 0 radical (unpaired) electrons. The Balaban J connectivity index is 2.26. The normalized spacial score (nSPS) is 10.2. The molecule has 2 amide bonds. The third-order valence-electron chi connectivity index (χ3n) is 3.41. The second-order valence-corrected chi connectivity index (χ2v) is 6.79. The number of benzene rings is 1. The van der Waals surface area contributed by atoms with Crippen molar-refractivity contribution in [2.45, 2.75) is 6.92 Å². The van der Waals surface area contributed by atoms with Crippen LogP contribution in [0, 0.1) is 27.2 Å². The number of amides is 2. The van der Waals surface area contributed by atoms with Crippen LogP contribution >= 0.6 is 11.3 Å². The molecule has 1 N–H and O–H groups in total. The lowest BCUT2D eigenvalue weighted by molar-refractivity contribution is -0.394. The molecule has 0 aliphatic rings. The van der Waals surface area contributed by atoms with E-state index in [1.165, 1.54) is 17.4 Å². The first kappa shape index (κ1) is 20.6. The smallest absolute Gasteiger partial charge is 0.277 e. The predicted molar refractivity (Wildman–Crippen MR) is 101 cm³/mol. The Morgan fingerprint density at radius 1 is 1.25 bits per heavy atom. The highest BCUT2D eigenvalue weighted by Crippen LogP contribution is 2.24. The van der Waals surface area contributed by atoms with Crippen LogP contribution in [0.2, 0.25) is 0 Å². The van der Waals surface area contributed by atoms with Crippen LogP contribution < -0.4 is 5.32 Å².